The van der Waals surface area contributed by atoms with Crippen molar-refractivity contribution in [2.24, 2.45) is 0 Å². The van der Waals surface area contributed by atoms with Crippen LogP contribution in [0.25, 0.3) is 0 Å². The van der Waals surface area contributed by atoms with Gasteiger partial charge in [-0.15, -0.1) is 0 Å². The van der Waals surface area contributed by atoms with Gasteiger partial charge in [-0.1, -0.05) is 12.1 Å². The first-order chi connectivity index (χ1) is 10.2. The second-order valence-electron chi connectivity index (χ2n) is 4.54. The molecule has 0 unspecified atom stereocenters. The summed E-state index contributed by atoms with van der Waals surface area (Å²) in [5.41, 5.74) is -1.99. The summed E-state index contributed by atoms with van der Waals surface area (Å²) < 4.78 is 44.5. The molecule has 1 aromatic heterocycles. The molecule has 118 valence electrons. The number of aromatic nitrogens is 2. The minimum atomic E-state index is -4.88. The number of benzene rings is 1. The molecule has 0 aliphatic carbocycles. The lowest BCUT2D eigenvalue weighted by molar-refractivity contribution is -0.388. The van der Waals surface area contributed by atoms with Crippen molar-refractivity contribution in [2.75, 3.05) is 7.11 Å². The van der Waals surface area contributed by atoms with E-state index in [9.17, 15) is 23.3 Å². The highest BCUT2D eigenvalue weighted by Crippen LogP contribution is 2.37. The molecule has 1 heterocycles. The topological polar surface area (TPSA) is 70.2 Å². The Morgan fingerprint density at radius 1 is 1.32 bits per heavy atom. The van der Waals surface area contributed by atoms with E-state index in [-0.39, 0.29) is 12.2 Å². The number of nitro groups is 1. The molecule has 0 spiro atoms. The molecule has 0 aliphatic rings. The van der Waals surface area contributed by atoms with Gasteiger partial charge >= 0.3 is 11.9 Å². The van der Waals surface area contributed by atoms with Gasteiger partial charge in [-0.05, 0) is 24.6 Å². The monoisotopic (exact) mass is 315 g/mol. The van der Waals surface area contributed by atoms with Crippen LogP contribution >= 0.6 is 0 Å². The van der Waals surface area contributed by atoms with E-state index in [4.69, 9.17) is 4.74 Å². The summed E-state index contributed by atoms with van der Waals surface area (Å²) in [5, 5.41) is 14.2. The number of methoxy groups -OCH3 is 1. The Kier molecular flexibility index (Phi) is 4.07. The number of hydrogen-bond acceptors (Lipinski definition) is 4. The number of alkyl halides is 3. The van der Waals surface area contributed by atoms with Crippen molar-refractivity contribution in [2.45, 2.75) is 19.6 Å². The zero-order chi connectivity index (χ0) is 16.5. The molecule has 0 fully saturated rings. The van der Waals surface area contributed by atoms with E-state index in [1.807, 2.05) is 0 Å². The molecule has 2 aromatic rings. The van der Waals surface area contributed by atoms with Crippen LogP contribution in [-0.2, 0) is 12.7 Å². The van der Waals surface area contributed by atoms with E-state index in [0.717, 1.165) is 4.68 Å². The fraction of sp³-hybridized carbons (Fsp3) is 0.308. The highest BCUT2D eigenvalue weighted by atomic mass is 19.4. The first-order valence-corrected chi connectivity index (χ1v) is 6.16. The van der Waals surface area contributed by atoms with Gasteiger partial charge in [0.25, 0.3) is 0 Å². The van der Waals surface area contributed by atoms with Gasteiger partial charge in [0.1, 0.15) is 11.4 Å². The third kappa shape index (κ3) is 3.02. The van der Waals surface area contributed by atoms with Gasteiger partial charge in [0, 0.05) is 0 Å². The Balaban J connectivity index is 2.41. The Labute approximate surface area is 123 Å². The molecular formula is C13H12F3N3O3. The SMILES string of the molecule is COc1ccc(Cn2nc(C(F)(F)F)c([N+](=O)[O-])c2C)cc1. The molecule has 0 saturated heterocycles. The Morgan fingerprint density at radius 3 is 2.32 bits per heavy atom. The zero-order valence-electron chi connectivity index (χ0n) is 11.7. The van der Waals surface area contributed by atoms with Crippen LogP contribution in [0, 0.1) is 17.0 Å². The van der Waals surface area contributed by atoms with E-state index >= 15 is 0 Å². The molecule has 22 heavy (non-hydrogen) atoms. The summed E-state index contributed by atoms with van der Waals surface area (Å²) in [6, 6.07) is 6.60. The van der Waals surface area contributed by atoms with Gasteiger partial charge in [-0.25, -0.2) is 0 Å². The summed E-state index contributed by atoms with van der Waals surface area (Å²) in [6.45, 7) is 1.23. The molecule has 9 heteroatoms. The van der Waals surface area contributed by atoms with Crippen LogP contribution in [0.1, 0.15) is 17.0 Å². The van der Waals surface area contributed by atoms with Crippen molar-refractivity contribution >= 4 is 5.69 Å². The maximum absolute atomic E-state index is 12.8. The zero-order valence-corrected chi connectivity index (χ0v) is 11.7. The second kappa shape index (κ2) is 5.66. The average Bonchev–Trinajstić information content (AvgIpc) is 2.77. The van der Waals surface area contributed by atoms with Crippen LogP contribution < -0.4 is 4.74 Å². The summed E-state index contributed by atoms with van der Waals surface area (Å²) in [4.78, 5) is 9.81. The molecule has 0 amide bonds. The van der Waals surface area contributed by atoms with Crippen molar-refractivity contribution in [1.82, 2.24) is 9.78 Å². The molecule has 0 aliphatic heterocycles. The molecular weight excluding hydrogens is 303 g/mol. The largest absolute Gasteiger partial charge is 0.497 e. The average molecular weight is 315 g/mol. The lowest BCUT2D eigenvalue weighted by atomic mass is 10.2. The molecule has 0 bridgehead atoms. The number of nitrogens with zero attached hydrogens (tertiary/aromatic N) is 3. The molecule has 1 aromatic carbocycles. The summed E-state index contributed by atoms with van der Waals surface area (Å²) in [6.07, 6.45) is -4.88. The smallest absolute Gasteiger partial charge is 0.442 e. The van der Waals surface area contributed by atoms with Gasteiger partial charge in [-0.3, -0.25) is 14.8 Å². The summed E-state index contributed by atoms with van der Waals surface area (Å²) in [7, 11) is 1.49. The van der Waals surface area contributed by atoms with E-state index in [2.05, 4.69) is 5.10 Å². The van der Waals surface area contributed by atoms with Gasteiger partial charge < -0.3 is 4.74 Å². The molecule has 0 radical (unpaired) electrons. The predicted molar refractivity (Wildman–Crippen MR) is 70.7 cm³/mol. The van der Waals surface area contributed by atoms with Crippen LogP contribution in [0.5, 0.6) is 5.75 Å². The van der Waals surface area contributed by atoms with Crippen LogP contribution in [0.3, 0.4) is 0 Å². The first kappa shape index (κ1) is 15.8. The van der Waals surface area contributed by atoms with E-state index in [0.29, 0.717) is 11.3 Å². The minimum absolute atomic E-state index is 0.00719. The fourth-order valence-corrected chi connectivity index (χ4v) is 2.00. The lowest BCUT2D eigenvalue weighted by Gasteiger charge is -2.05. The first-order valence-electron chi connectivity index (χ1n) is 6.16. The van der Waals surface area contributed by atoms with Crippen LogP contribution in [0.15, 0.2) is 24.3 Å². The predicted octanol–water partition coefficient (Wildman–Crippen LogP) is 3.18. The quantitative estimate of drug-likeness (QED) is 0.642. The van der Waals surface area contributed by atoms with Crippen molar-refractivity contribution in [3.8, 4) is 5.75 Å². The highest BCUT2D eigenvalue weighted by molar-refractivity contribution is 5.42. The number of halogens is 3. The van der Waals surface area contributed by atoms with Crippen molar-refractivity contribution in [3.05, 3.63) is 51.3 Å². The Hall–Kier alpha value is -2.58. The standard InChI is InChI=1S/C13H12F3N3O3/c1-8-11(19(20)21)12(13(14,15)16)17-18(8)7-9-3-5-10(22-2)6-4-9/h3-6H,7H2,1-2H3. The maximum atomic E-state index is 12.8. The minimum Gasteiger partial charge on any atom is -0.497 e. The number of ether oxygens (including phenoxy) is 1. The molecule has 0 N–H and O–H groups in total. The molecule has 0 saturated carbocycles. The Bertz CT molecular complexity index is 693. The van der Waals surface area contributed by atoms with Crippen molar-refractivity contribution in [3.63, 3.8) is 0 Å². The lowest BCUT2D eigenvalue weighted by Crippen LogP contribution is -2.10. The van der Waals surface area contributed by atoms with E-state index < -0.39 is 22.5 Å². The van der Waals surface area contributed by atoms with Crippen molar-refractivity contribution in [1.29, 1.82) is 0 Å². The van der Waals surface area contributed by atoms with Crippen molar-refractivity contribution < 1.29 is 22.8 Å². The fourth-order valence-electron chi connectivity index (χ4n) is 2.00. The highest BCUT2D eigenvalue weighted by Gasteiger charge is 2.44. The third-order valence-corrected chi connectivity index (χ3v) is 3.12. The van der Waals surface area contributed by atoms with Crippen LogP contribution in [0.4, 0.5) is 18.9 Å². The van der Waals surface area contributed by atoms with Gasteiger partial charge in [-0.2, -0.15) is 18.3 Å². The summed E-state index contributed by atoms with van der Waals surface area (Å²) >= 11 is 0. The van der Waals surface area contributed by atoms with Crippen LogP contribution in [0.2, 0.25) is 0 Å². The third-order valence-electron chi connectivity index (χ3n) is 3.12. The maximum Gasteiger partial charge on any atom is 0.442 e. The number of rotatable bonds is 4. The molecule has 6 nitrogen and oxygen atoms in total. The van der Waals surface area contributed by atoms with E-state index in [1.165, 1.54) is 14.0 Å². The van der Waals surface area contributed by atoms with E-state index in [1.54, 1.807) is 24.3 Å². The summed E-state index contributed by atoms with van der Waals surface area (Å²) in [5.74, 6) is 0.600. The molecule has 0 atom stereocenters. The van der Waals surface area contributed by atoms with Gasteiger partial charge in [0.05, 0.1) is 18.6 Å². The normalized spacial score (nSPS) is 11.5. The number of hydrogen-bond donors (Lipinski definition) is 0. The van der Waals surface area contributed by atoms with Gasteiger partial charge in [0.15, 0.2) is 0 Å². The van der Waals surface area contributed by atoms with Crippen LogP contribution in [-0.4, -0.2) is 21.8 Å². The Morgan fingerprint density at radius 2 is 1.91 bits per heavy atom. The molecule has 2 rings (SSSR count). The second-order valence-corrected chi connectivity index (χ2v) is 4.54. The van der Waals surface area contributed by atoms with Gasteiger partial charge in [0.2, 0.25) is 5.69 Å².